The lowest BCUT2D eigenvalue weighted by Gasteiger charge is -2.31. The fourth-order valence-electron chi connectivity index (χ4n) is 3.87. The van der Waals surface area contributed by atoms with Gasteiger partial charge in [-0.3, -0.25) is 19.5 Å². The van der Waals surface area contributed by atoms with Crippen molar-refractivity contribution in [3.63, 3.8) is 0 Å². The summed E-state index contributed by atoms with van der Waals surface area (Å²) < 4.78 is 20.1. The third-order valence-corrected chi connectivity index (χ3v) is 5.45. The molecule has 0 bridgehead atoms. The third-order valence-electron chi connectivity index (χ3n) is 5.45. The van der Waals surface area contributed by atoms with Crippen LogP contribution in [0.2, 0.25) is 0 Å². The predicted octanol–water partition coefficient (Wildman–Crippen LogP) is 1.97. The van der Waals surface area contributed by atoms with Gasteiger partial charge in [0, 0.05) is 49.7 Å². The zero-order valence-electron chi connectivity index (χ0n) is 16.3. The van der Waals surface area contributed by atoms with Crippen molar-refractivity contribution in [1.82, 2.24) is 14.8 Å². The number of aliphatic hydroxyl groups excluding tert-OH is 1. The number of Topliss-reactive ketones (excluding diaryl/α,β-unsaturated/α-hetero) is 1. The van der Waals surface area contributed by atoms with E-state index in [2.05, 4.69) is 9.88 Å². The Morgan fingerprint density at radius 2 is 1.80 bits per heavy atom. The second-order valence-corrected chi connectivity index (χ2v) is 7.20. The molecule has 4 rings (SSSR count). The molecule has 0 radical (unpaired) electrons. The number of ether oxygens (including phenoxy) is 1. The Labute approximate surface area is 173 Å². The molecule has 0 aliphatic carbocycles. The Morgan fingerprint density at radius 3 is 2.50 bits per heavy atom. The lowest BCUT2D eigenvalue weighted by Crippen LogP contribution is -2.42. The van der Waals surface area contributed by atoms with E-state index in [-0.39, 0.29) is 23.4 Å². The minimum absolute atomic E-state index is 0.113. The molecule has 0 saturated carbocycles. The molecule has 8 heteroatoms. The summed E-state index contributed by atoms with van der Waals surface area (Å²) in [4.78, 5) is 33.2. The van der Waals surface area contributed by atoms with Crippen LogP contribution in [-0.2, 0) is 14.3 Å². The summed E-state index contributed by atoms with van der Waals surface area (Å²) in [6, 6.07) is 8.08. The molecule has 2 aliphatic heterocycles. The molecule has 156 valence electrons. The summed E-state index contributed by atoms with van der Waals surface area (Å²) in [6.07, 6.45) is 2.95. The number of aliphatic hydroxyl groups is 1. The van der Waals surface area contributed by atoms with E-state index in [1.165, 1.54) is 41.6 Å². The number of hydrogen-bond donors (Lipinski definition) is 1. The number of rotatable bonds is 5. The van der Waals surface area contributed by atoms with Gasteiger partial charge in [-0.1, -0.05) is 18.2 Å². The van der Waals surface area contributed by atoms with Crippen molar-refractivity contribution in [3.05, 3.63) is 71.3 Å². The van der Waals surface area contributed by atoms with Crippen molar-refractivity contribution >= 4 is 17.4 Å². The highest BCUT2D eigenvalue weighted by atomic mass is 19.1. The van der Waals surface area contributed by atoms with Crippen molar-refractivity contribution < 1.29 is 23.8 Å². The lowest BCUT2D eigenvalue weighted by atomic mass is 9.95. The molecule has 2 saturated heterocycles. The van der Waals surface area contributed by atoms with Crippen LogP contribution < -0.4 is 0 Å². The maximum absolute atomic E-state index is 14.7. The molecule has 1 amide bonds. The molecule has 3 heterocycles. The first kappa shape index (κ1) is 20.2. The number of halogens is 1. The lowest BCUT2D eigenvalue weighted by molar-refractivity contribution is -0.140. The smallest absolute Gasteiger partial charge is 0.295 e. The molecule has 1 unspecified atom stereocenters. The average Bonchev–Trinajstić information content (AvgIpc) is 3.03. The Morgan fingerprint density at radius 1 is 1.10 bits per heavy atom. The highest BCUT2D eigenvalue weighted by Gasteiger charge is 2.46. The number of ketones is 1. The number of aromatic nitrogens is 1. The van der Waals surface area contributed by atoms with E-state index in [1.807, 2.05) is 0 Å². The van der Waals surface area contributed by atoms with Crippen molar-refractivity contribution in [2.24, 2.45) is 0 Å². The molecule has 0 spiro atoms. The van der Waals surface area contributed by atoms with Gasteiger partial charge in [-0.05, 0) is 18.2 Å². The minimum Gasteiger partial charge on any atom is -0.507 e. The van der Waals surface area contributed by atoms with Crippen LogP contribution in [0.5, 0.6) is 0 Å². The number of carbonyl (C=O) groups excluding carboxylic acids is 2. The van der Waals surface area contributed by atoms with Gasteiger partial charge in [-0.2, -0.15) is 0 Å². The number of benzene rings is 1. The van der Waals surface area contributed by atoms with E-state index in [0.29, 0.717) is 25.3 Å². The summed E-state index contributed by atoms with van der Waals surface area (Å²) in [5, 5.41) is 10.9. The Kier molecular flexibility index (Phi) is 5.87. The number of carbonyl (C=O) groups is 2. The number of hydrogen-bond acceptors (Lipinski definition) is 6. The van der Waals surface area contributed by atoms with E-state index in [9.17, 15) is 19.1 Å². The summed E-state index contributed by atoms with van der Waals surface area (Å²) in [5.74, 6) is -2.44. The molecule has 30 heavy (non-hydrogen) atoms. The van der Waals surface area contributed by atoms with Gasteiger partial charge in [-0.25, -0.2) is 4.39 Å². The molecule has 2 fully saturated rings. The van der Waals surface area contributed by atoms with Crippen LogP contribution in [0, 0.1) is 5.82 Å². The number of morpholine rings is 1. The van der Waals surface area contributed by atoms with Gasteiger partial charge in [0.05, 0.1) is 24.8 Å². The summed E-state index contributed by atoms with van der Waals surface area (Å²) in [5.41, 5.74) is 0.407. The van der Waals surface area contributed by atoms with Crippen LogP contribution in [0.25, 0.3) is 5.76 Å². The molecule has 7 nitrogen and oxygen atoms in total. The van der Waals surface area contributed by atoms with Gasteiger partial charge in [0.15, 0.2) is 0 Å². The first-order chi connectivity index (χ1) is 14.6. The maximum atomic E-state index is 14.7. The monoisotopic (exact) mass is 411 g/mol. The van der Waals surface area contributed by atoms with E-state index in [0.717, 1.165) is 13.1 Å². The minimum atomic E-state index is -1.000. The number of likely N-dealkylation sites (tertiary alicyclic amines) is 1. The summed E-state index contributed by atoms with van der Waals surface area (Å²) in [6.45, 7) is 3.43. The van der Waals surface area contributed by atoms with Gasteiger partial charge in [0.1, 0.15) is 11.6 Å². The van der Waals surface area contributed by atoms with Gasteiger partial charge in [0.25, 0.3) is 11.7 Å². The summed E-state index contributed by atoms with van der Waals surface area (Å²) >= 11 is 0. The quantitative estimate of drug-likeness (QED) is 0.460. The van der Waals surface area contributed by atoms with Gasteiger partial charge >= 0.3 is 0 Å². The Bertz CT molecular complexity index is 973. The third kappa shape index (κ3) is 3.83. The average molecular weight is 411 g/mol. The second kappa shape index (κ2) is 8.73. The molecule has 1 atom stereocenters. The Hall–Kier alpha value is -3.10. The number of amides is 1. The number of pyridine rings is 1. The predicted molar refractivity (Wildman–Crippen MR) is 107 cm³/mol. The fraction of sp³-hybridized carbons (Fsp3) is 0.318. The standard InChI is InChI=1S/C22H22FN3O4/c23-17-4-2-1-3-16(17)19-18(20(27)15-5-7-24-8-6-15)21(28)22(29)26(19)10-9-25-11-13-30-14-12-25/h1-8,19,27H,9-14H2/b20-18+. The SMILES string of the molecule is O=C1C(=O)N(CCN2CCOCC2)C(c2ccccc2F)/C1=C(\O)c1ccncc1. The van der Waals surface area contributed by atoms with Crippen LogP contribution in [0.3, 0.4) is 0 Å². The molecule has 1 aromatic carbocycles. The van der Waals surface area contributed by atoms with Crippen molar-refractivity contribution in [2.75, 3.05) is 39.4 Å². The zero-order chi connectivity index (χ0) is 21.1. The van der Waals surface area contributed by atoms with Crippen LogP contribution >= 0.6 is 0 Å². The van der Waals surface area contributed by atoms with Crippen LogP contribution in [0.15, 0.2) is 54.4 Å². The molecule has 2 aromatic rings. The highest BCUT2D eigenvalue weighted by Crippen LogP contribution is 2.40. The fourth-order valence-corrected chi connectivity index (χ4v) is 3.87. The topological polar surface area (TPSA) is 83.0 Å². The van der Waals surface area contributed by atoms with E-state index < -0.39 is 23.5 Å². The van der Waals surface area contributed by atoms with E-state index in [4.69, 9.17) is 4.74 Å². The maximum Gasteiger partial charge on any atom is 0.295 e. The second-order valence-electron chi connectivity index (χ2n) is 7.20. The van der Waals surface area contributed by atoms with Gasteiger partial charge < -0.3 is 14.7 Å². The van der Waals surface area contributed by atoms with Crippen LogP contribution in [0.4, 0.5) is 4.39 Å². The zero-order valence-corrected chi connectivity index (χ0v) is 16.3. The van der Waals surface area contributed by atoms with Crippen molar-refractivity contribution in [3.8, 4) is 0 Å². The first-order valence-electron chi connectivity index (χ1n) is 9.81. The van der Waals surface area contributed by atoms with Crippen molar-refractivity contribution in [2.45, 2.75) is 6.04 Å². The number of nitrogens with zero attached hydrogens (tertiary/aromatic N) is 3. The molecular formula is C22H22FN3O4. The normalized spacial score (nSPS) is 21.9. The Balaban J connectivity index is 1.74. The van der Waals surface area contributed by atoms with Gasteiger partial charge in [0.2, 0.25) is 0 Å². The highest BCUT2D eigenvalue weighted by molar-refractivity contribution is 6.46. The molecule has 1 N–H and O–H groups in total. The van der Waals surface area contributed by atoms with E-state index >= 15 is 0 Å². The molecule has 2 aliphatic rings. The van der Waals surface area contributed by atoms with Crippen molar-refractivity contribution in [1.29, 1.82) is 0 Å². The molecular weight excluding hydrogens is 389 g/mol. The summed E-state index contributed by atoms with van der Waals surface area (Å²) in [7, 11) is 0. The largest absolute Gasteiger partial charge is 0.507 e. The van der Waals surface area contributed by atoms with Crippen LogP contribution in [-0.4, -0.2) is 71.0 Å². The molecule has 1 aromatic heterocycles. The van der Waals surface area contributed by atoms with Gasteiger partial charge in [-0.15, -0.1) is 0 Å². The van der Waals surface area contributed by atoms with E-state index in [1.54, 1.807) is 12.1 Å². The first-order valence-corrected chi connectivity index (χ1v) is 9.81. The van der Waals surface area contributed by atoms with Crippen LogP contribution in [0.1, 0.15) is 17.2 Å².